The molecule has 1 saturated heterocycles. The molecule has 2 rings (SSSR count). The summed E-state index contributed by atoms with van der Waals surface area (Å²) < 4.78 is 56.8. The van der Waals surface area contributed by atoms with Crippen molar-refractivity contribution >= 4 is 5.97 Å². The van der Waals surface area contributed by atoms with E-state index in [1.807, 2.05) is 0 Å². The number of halogens is 4. The summed E-state index contributed by atoms with van der Waals surface area (Å²) in [4.78, 5) is 11.2. The number of methoxy groups -OCH3 is 1. The Morgan fingerprint density at radius 2 is 2.00 bits per heavy atom. The quantitative estimate of drug-likeness (QED) is 0.528. The van der Waals surface area contributed by atoms with Crippen LogP contribution in [0.3, 0.4) is 0 Å². The van der Waals surface area contributed by atoms with Gasteiger partial charge in [-0.15, -0.1) is 0 Å². The largest absolute Gasteiger partial charge is 0.468 e. The first kappa shape index (κ1) is 10.7. The molecule has 0 aromatic carbocycles. The van der Waals surface area contributed by atoms with Crippen LogP contribution in [0.1, 0.15) is 0 Å². The van der Waals surface area contributed by atoms with Crippen molar-refractivity contribution in [3.63, 3.8) is 0 Å². The maximum absolute atomic E-state index is 13.3. The molecule has 1 saturated carbocycles. The fraction of sp³-hybridized carbons (Fsp3) is 0.875. The van der Waals surface area contributed by atoms with Gasteiger partial charge in [0.15, 0.2) is 5.41 Å². The van der Waals surface area contributed by atoms with E-state index in [4.69, 9.17) is 0 Å². The number of rotatable bonds is 1. The van der Waals surface area contributed by atoms with E-state index in [0.717, 1.165) is 7.11 Å². The predicted octanol–water partition coefficient (Wildman–Crippen LogP) is 0.649. The zero-order chi connectivity index (χ0) is 11.5. The second kappa shape index (κ2) is 2.63. The zero-order valence-electron chi connectivity index (χ0n) is 7.82. The fourth-order valence-corrected chi connectivity index (χ4v) is 2.44. The van der Waals surface area contributed by atoms with E-state index < -0.39 is 35.7 Å². The molecular weight excluding hydrogens is 218 g/mol. The number of nitrogens with one attached hydrogen (secondary N) is 1. The molecule has 86 valence electrons. The molecule has 3 nitrogen and oxygen atoms in total. The van der Waals surface area contributed by atoms with E-state index in [-0.39, 0.29) is 6.54 Å². The molecule has 1 aliphatic carbocycles. The molecule has 0 amide bonds. The first-order chi connectivity index (χ1) is 6.82. The van der Waals surface area contributed by atoms with Crippen LogP contribution < -0.4 is 5.32 Å². The van der Waals surface area contributed by atoms with Crippen LogP contribution >= 0.6 is 0 Å². The van der Waals surface area contributed by atoms with Crippen LogP contribution in [0.4, 0.5) is 17.6 Å². The summed E-state index contributed by atoms with van der Waals surface area (Å²) in [5.41, 5.74) is -2.38. The highest BCUT2D eigenvalue weighted by Crippen LogP contribution is 2.68. The van der Waals surface area contributed by atoms with Crippen LogP contribution in [0.15, 0.2) is 0 Å². The number of carbonyl (C=O) groups excluding carboxylic acids is 1. The second-order valence-electron chi connectivity index (χ2n) is 3.84. The third kappa shape index (κ3) is 0.839. The number of fused-ring (bicyclic) bond motifs is 1. The predicted molar refractivity (Wildman–Crippen MR) is 40.7 cm³/mol. The summed E-state index contributed by atoms with van der Waals surface area (Å²) in [6.07, 6.45) is 0. The van der Waals surface area contributed by atoms with Crippen molar-refractivity contribution in [2.75, 3.05) is 20.2 Å². The molecule has 15 heavy (non-hydrogen) atoms. The first-order valence-electron chi connectivity index (χ1n) is 4.37. The molecule has 7 heteroatoms. The molecule has 2 aliphatic rings. The average Bonchev–Trinajstić information content (AvgIpc) is 2.60. The van der Waals surface area contributed by atoms with Crippen molar-refractivity contribution in [2.45, 2.75) is 11.8 Å². The van der Waals surface area contributed by atoms with Gasteiger partial charge in [0.05, 0.1) is 13.0 Å². The molecule has 1 heterocycles. The van der Waals surface area contributed by atoms with E-state index in [2.05, 4.69) is 10.1 Å². The van der Waals surface area contributed by atoms with Crippen molar-refractivity contribution in [1.29, 1.82) is 0 Å². The molecule has 0 bridgehead atoms. The van der Waals surface area contributed by atoms with Gasteiger partial charge >= 0.3 is 17.8 Å². The van der Waals surface area contributed by atoms with E-state index in [9.17, 15) is 22.4 Å². The molecule has 0 aromatic heterocycles. The lowest BCUT2D eigenvalue weighted by molar-refractivity contribution is -0.373. The fourth-order valence-electron chi connectivity index (χ4n) is 2.44. The molecule has 0 spiro atoms. The minimum absolute atomic E-state index is 0.294. The normalized spacial score (nSPS) is 40.5. The van der Waals surface area contributed by atoms with Crippen LogP contribution in [0, 0.1) is 11.3 Å². The highest BCUT2D eigenvalue weighted by Gasteiger charge is 2.90. The zero-order valence-corrected chi connectivity index (χ0v) is 7.82. The number of ether oxygens (including phenoxy) is 1. The molecule has 2 fully saturated rings. The van der Waals surface area contributed by atoms with Gasteiger partial charge < -0.3 is 10.1 Å². The van der Waals surface area contributed by atoms with Gasteiger partial charge in [-0.1, -0.05) is 0 Å². The Labute approximate surface area is 82.8 Å². The second-order valence-corrected chi connectivity index (χ2v) is 3.84. The Hall–Kier alpha value is -0.850. The maximum Gasteiger partial charge on any atom is 0.328 e. The number of hydrogen-bond donors (Lipinski definition) is 1. The first-order valence-corrected chi connectivity index (χ1v) is 4.37. The number of carbonyl (C=O) groups is 1. The molecule has 1 N–H and O–H groups in total. The van der Waals surface area contributed by atoms with Crippen molar-refractivity contribution in [3.8, 4) is 0 Å². The Morgan fingerprint density at radius 3 is 2.53 bits per heavy atom. The van der Waals surface area contributed by atoms with Gasteiger partial charge in [-0.25, -0.2) is 0 Å². The van der Waals surface area contributed by atoms with Gasteiger partial charge in [0.25, 0.3) is 0 Å². The van der Waals surface area contributed by atoms with Crippen LogP contribution in [-0.2, 0) is 9.53 Å². The van der Waals surface area contributed by atoms with Gasteiger partial charge in [0.2, 0.25) is 0 Å². The van der Waals surface area contributed by atoms with Crippen LogP contribution in [-0.4, -0.2) is 38.0 Å². The van der Waals surface area contributed by atoms with Crippen molar-refractivity contribution in [2.24, 2.45) is 11.3 Å². The molecule has 0 aromatic rings. The Morgan fingerprint density at radius 1 is 1.40 bits per heavy atom. The third-order valence-electron chi connectivity index (χ3n) is 3.31. The lowest BCUT2D eigenvalue weighted by atomic mass is 9.56. The van der Waals surface area contributed by atoms with E-state index >= 15 is 0 Å². The van der Waals surface area contributed by atoms with E-state index in [1.54, 1.807) is 0 Å². The maximum atomic E-state index is 13.3. The van der Waals surface area contributed by atoms with Crippen molar-refractivity contribution in [3.05, 3.63) is 0 Å². The van der Waals surface area contributed by atoms with E-state index in [1.165, 1.54) is 0 Å². The van der Waals surface area contributed by atoms with Gasteiger partial charge in [-0.2, -0.15) is 17.6 Å². The third-order valence-corrected chi connectivity index (χ3v) is 3.31. The SMILES string of the molecule is COC(=O)C12CNCC1C(F)(F)C2(F)F. The van der Waals surface area contributed by atoms with Crippen LogP contribution in [0.5, 0.6) is 0 Å². The topological polar surface area (TPSA) is 38.3 Å². The lowest BCUT2D eigenvalue weighted by Crippen LogP contribution is -2.76. The average molecular weight is 227 g/mol. The summed E-state index contributed by atoms with van der Waals surface area (Å²) in [5.74, 6) is -11.4. The summed E-state index contributed by atoms with van der Waals surface area (Å²) in [6.45, 7) is -0.759. The minimum atomic E-state index is -4.33. The van der Waals surface area contributed by atoms with Gasteiger partial charge in [-0.3, -0.25) is 4.79 Å². The van der Waals surface area contributed by atoms with Crippen LogP contribution in [0.25, 0.3) is 0 Å². The highest BCUT2D eigenvalue weighted by atomic mass is 19.3. The van der Waals surface area contributed by atoms with Gasteiger partial charge in [0, 0.05) is 13.1 Å². The summed E-state index contributed by atoms with van der Waals surface area (Å²) in [5, 5.41) is 2.39. The number of alkyl halides is 4. The minimum Gasteiger partial charge on any atom is -0.468 e. The van der Waals surface area contributed by atoms with Gasteiger partial charge in [-0.05, 0) is 0 Å². The van der Waals surface area contributed by atoms with Gasteiger partial charge in [0.1, 0.15) is 0 Å². The Bertz CT molecular complexity index is 320. The number of esters is 1. The van der Waals surface area contributed by atoms with Crippen molar-refractivity contribution < 1.29 is 27.1 Å². The summed E-state index contributed by atoms with van der Waals surface area (Å²) in [7, 11) is 0.916. The summed E-state index contributed by atoms with van der Waals surface area (Å²) >= 11 is 0. The molecule has 0 radical (unpaired) electrons. The smallest absolute Gasteiger partial charge is 0.328 e. The van der Waals surface area contributed by atoms with Crippen LogP contribution in [0.2, 0.25) is 0 Å². The lowest BCUT2D eigenvalue weighted by Gasteiger charge is -2.53. The molecule has 2 atom stereocenters. The molecule has 2 unspecified atom stereocenters. The monoisotopic (exact) mass is 227 g/mol. The Kier molecular flexibility index (Phi) is 1.87. The molecular formula is C8H9F4NO2. The molecule has 1 aliphatic heterocycles. The Balaban J connectivity index is 2.44. The number of hydrogen-bond acceptors (Lipinski definition) is 3. The highest BCUT2D eigenvalue weighted by molar-refractivity contribution is 5.82. The van der Waals surface area contributed by atoms with E-state index in [0.29, 0.717) is 0 Å². The summed E-state index contributed by atoms with van der Waals surface area (Å²) in [6, 6.07) is 0. The standard InChI is InChI=1S/C8H9F4NO2/c1-15-5(14)6-3-13-2-4(6)7(9,10)8(6,11)12/h4,13H,2-3H2,1H3. The van der Waals surface area contributed by atoms with Crippen molar-refractivity contribution in [1.82, 2.24) is 5.32 Å².